The largest absolute Gasteiger partial charge is 0.468 e. The Balaban J connectivity index is 1.25. The molecule has 0 unspecified atom stereocenters. The van der Waals surface area contributed by atoms with E-state index in [2.05, 4.69) is 10.2 Å². The smallest absolute Gasteiger partial charge is 0.223 e. The zero-order chi connectivity index (χ0) is 19.3. The predicted octanol–water partition coefficient (Wildman–Crippen LogP) is 4.16. The summed E-state index contributed by atoms with van der Waals surface area (Å²) in [4.78, 5) is 15.2. The van der Waals surface area contributed by atoms with Gasteiger partial charge in [-0.3, -0.25) is 9.69 Å². The summed E-state index contributed by atoms with van der Waals surface area (Å²) in [5, 5.41) is 3.34. The second-order valence-electron chi connectivity index (χ2n) is 8.27. The molecule has 28 heavy (non-hydrogen) atoms. The molecule has 1 amide bonds. The Morgan fingerprint density at radius 2 is 1.89 bits per heavy atom. The van der Waals surface area contributed by atoms with E-state index in [9.17, 15) is 9.18 Å². The minimum Gasteiger partial charge on any atom is -0.468 e. The molecule has 1 aliphatic carbocycles. The maximum atomic E-state index is 13.1. The van der Waals surface area contributed by atoms with E-state index in [-0.39, 0.29) is 23.7 Å². The first-order valence-corrected chi connectivity index (χ1v) is 10.5. The maximum Gasteiger partial charge on any atom is 0.223 e. The fourth-order valence-electron chi connectivity index (χ4n) is 4.67. The fourth-order valence-corrected chi connectivity index (χ4v) is 4.67. The first kappa shape index (κ1) is 19.2. The molecule has 0 radical (unpaired) electrons. The zero-order valence-electron chi connectivity index (χ0n) is 16.3. The maximum absolute atomic E-state index is 13.1. The van der Waals surface area contributed by atoms with Crippen molar-refractivity contribution >= 4 is 5.91 Å². The van der Waals surface area contributed by atoms with Crippen molar-refractivity contribution in [1.29, 1.82) is 0 Å². The van der Waals surface area contributed by atoms with Crippen molar-refractivity contribution in [3.63, 3.8) is 0 Å². The van der Waals surface area contributed by atoms with Crippen molar-refractivity contribution in [3.05, 3.63) is 59.8 Å². The first-order valence-electron chi connectivity index (χ1n) is 10.5. The standard InChI is InChI=1S/C23H29FN2O2/c24-20-8-6-17(7-9-20)15-19-3-1-5-22(19)25-23(27)18-10-12-26(13-11-18)16-21-4-2-14-28-21/h2,4,6-9,14,18-19,22H,1,3,5,10-13,15-16H2,(H,25,27)/t19-,22-/m0/s1. The van der Waals surface area contributed by atoms with Gasteiger partial charge in [0.05, 0.1) is 12.8 Å². The number of nitrogens with one attached hydrogen (secondary N) is 1. The summed E-state index contributed by atoms with van der Waals surface area (Å²) >= 11 is 0. The summed E-state index contributed by atoms with van der Waals surface area (Å²) in [6.45, 7) is 2.69. The van der Waals surface area contributed by atoms with Crippen LogP contribution < -0.4 is 5.32 Å². The summed E-state index contributed by atoms with van der Waals surface area (Å²) < 4.78 is 18.5. The van der Waals surface area contributed by atoms with Gasteiger partial charge >= 0.3 is 0 Å². The van der Waals surface area contributed by atoms with Gasteiger partial charge in [-0.15, -0.1) is 0 Å². The third-order valence-corrected chi connectivity index (χ3v) is 6.32. The Labute approximate surface area is 166 Å². The monoisotopic (exact) mass is 384 g/mol. The van der Waals surface area contributed by atoms with Crippen LogP contribution in [0.5, 0.6) is 0 Å². The van der Waals surface area contributed by atoms with Gasteiger partial charge in [-0.1, -0.05) is 18.6 Å². The zero-order valence-corrected chi connectivity index (χ0v) is 16.3. The van der Waals surface area contributed by atoms with E-state index < -0.39 is 0 Å². The summed E-state index contributed by atoms with van der Waals surface area (Å²) in [6.07, 6.45) is 7.76. The van der Waals surface area contributed by atoms with Crippen LogP contribution in [0, 0.1) is 17.7 Å². The van der Waals surface area contributed by atoms with E-state index in [0.29, 0.717) is 5.92 Å². The SMILES string of the molecule is O=C(N[C@H]1CCC[C@H]1Cc1ccc(F)cc1)C1CCN(Cc2ccco2)CC1. The van der Waals surface area contributed by atoms with Crippen LogP contribution in [0.1, 0.15) is 43.4 Å². The second kappa shape index (κ2) is 8.91. The van der Waals surface area contributed by atoms with E-state index >= 15 is 0 Å². The van der Waals surface area contributed by atoms with Gasteiger partial charge in [-0.25, -0.2) is 4.39 Å². The normalized spacial score (nSPS) is 23.8. The Hall–Kier alpha value is -2.14. The molecular formula is C23H29FN2O2. The van der Waals surface area contributed by atoms with Crippen LogP contribution in [0.25, 0.3) is 0 Å². The van der Waals surface area contributed by atoms with Gasteiger partial charge in [0.15, 0.2) is 0 Å². The van der Waals surface area contributed by atoms with E-state index in [1.165, 1.54) is 12.1 Å². The third-order valence-electron chi connectivity index (χ3n) is 6.32. The molecule has 2 heterocycles. The minimum absolute atomic E-state index is 0.111. The van der Waals surface area contributed by atoms with Crippen molar-refractivity contribution in [2.24, 2.45) is 11.8 Å². The summed E-state index contributed by atoms with van der Waals surface area (Å²) in [5.74, 6) is 1.57. The Morgan fingerprint density at radius 1 is 1.11 bits per heavy atom. The molecule has 1 saturated carbocycles. The van der Waals surface area contributed by atoms with Gasteiger partial charge in [0, 0.05) is 12.0 Å². The lowest BCUT2D eigenvalue weighted by Gasteiger charge is -2.32. The molecule has 1 aliphatic heterocycles. The van der Waals surface area contributed by atoms with E-state index in [0.717, 1.165) is 69.5 Å². The average Bonchev–Trinajstić information content (AvgIpc) is 3.37. The molecule has 1 aromatic carbocycles. The number of amides is 1. The van der Waals surface area contributed by atoms with Crippen LogP contribution in [0.4, 0.5) is 4.39 Å². The molecule has 1 aromatic heterocycles. The highest BCUT2D eigenvalue weighted by molar-refractivity contribution is 5.79. The number of hydrogen-bond donors (Lipinski definition) is 1. The molecule has 1 saturated heterocycles. The highest BCUT2D eigenvalue weighted by Gasteiger charge is 2.32. The molecule has 0 bridgehead atoms. The number of nitrogens with zero attached hydrogens (tertiary/aromatic N) is 1. The number of rotatable bonds is 6. The fraction of sp³-hybridized carbons (Fsp3) is 0.522. The molecule has 2 fully saturated rings. The van der Waals surface area contributed by atoms with Crippen LogP contribution in [0.3, 0.4) is 0 Å². The van der Waals surface area contributed by atoms with Gasteiger partial charge in [0.25, 0.3) is 0 Å². The van der Waals surface area contributed by atoms with Crippen LogP contribution in [-0.2, 0) is 17.8 Å². The lowest BCUT2D eigenvalue weighted by atomic mass is 9.92. The minimum atomic E-state index is -0.196. The highest BCUT2D eigenvalue weighted by Crippen LogP contribution is 2.30. The lowest BCUT2D eigenvalue weighted by Crippen LogP contribution is -2.45. The van der Waals surface area contributed by atoms with Crippen LogP contribution in [0.2, 0.25) is 0 Å². The van der Waals surface area contributed by atoms with Crippen molar-refractivity contribution in [2.45, 2.75) is 51.1 Å². The van der Waals surface area contributed by atoms with Crippen molar-refractivity contribution in [3.8, 4) is 0 Å². The van der Waals surface area contributed by atoms with Gasteiger partial charge in [0.1, 0.15) is 11.6 Å². The molecule has 2 aromatic rings. The van der Waals surface area contributed by atoms with Gasteiger partial charge in [-0.2, -0.15) is 0 Å². The average molecular weight is 384 g/mol. The van der Waals surface area contributed by atoms with E-state index in [4.69, 9.17) is 4.42 Å². The first-order chi connectivity index (χ1) is 13.7. The van der Waals surface area contributed by atoms with Crippen molar-refractivity contribution in [2.75, 3.05) is 13.1 Å². The Bertz CT molecular complexity index is 751. The third kappa shape index (κ3) is 4.82. The highest BCUT2D eigenvalue weighted by atomic mass is 19.1. The van der Waals surface area contributed by atoms with Crippen LogP contribution >= 0.6 is 0 Å². The topological polar surface area (TPSA) is 45.5 Å². The number of carbonyl (C=O) groups is 1. The number of furan rings is 1. The number of carbonyl (C=O) groups excluding carboxylic acids is 1. The Morgan fingerprint density at radius 3 is 2.61 bits per heavy atom. The number of piperidine rings is 1. The molecule has 150 valence electrons. The summed E-state index contributed by atoms with van der Waals surface area (Å²) in [6, 6.07) is 10.9. The predicted molar refractivity (Wildman–Crippen MR) is 106 cm³/mol. The summed E-state index contributed by atoms with van der Waals surface area (Å²) in [5.41, 5.74) is 1.15. The van der Waals surface area contributed by atoms with Crippen LogP contribution in [0.15, 0.2) is 47.1 Å². The Kier molecular flexibility index (Phi) is 6.10. The number of likely N-dealkylation sites (tertiary alicyclic amines) is 1. The lowest BCUT2D eigenvalue weighted by molar-refractivity contribution is -0.127. The number of halogens is 1. The van der Waals surface area contributed by atoms with Crippen molar-refractivity contribution < 1.29 is 13.6 Å². The molecule has 1 N–H and O–H groups in total. The molecular weight excluding hydrogens is 355 g/mol. The second-order valence-corrected chi connectivity index (χ2v) is 8.27. The molecule has 5 heteroatoms. The molecule has 4 nitrogen and oxygen atoms in total. The van der Waals surface area contributed by atoms with E-state index in [1.54, 1.807) is 6.26 Å². The van der Waals surface area contributed by atoms with Gasteiger partial charge < -0.3 is 9.73 Å². The quantitative estimate of drug-likeness (QED) is 0.813. The van der Waals surface area contributed by atoms with Crippen molar-refractivity contribution in [1.82, 2.24) is 10.2 Å². The van der Waals surface area contributed by atoms with E-state index in [1.807, 2.05) is 24.3 Å². The number of hydrogen-bond acceptors (Lipinski definition) is 3. The number of benzene rings is 1. The molecule has 2 atom stereocenters. The van der Waals surface area contributed by atoms with Gasteiger partial charge in [-0.05, 0) is 80.9 Å². The van der Waals surface area contributed by atoms with Gasteiger partial charge in [0.2, 0.25) is 5.91 Å². The molecule has 4 rings (SSSR count). The summed E-state index contributed by atoms with van der Waals surface area (Å²) in [7, 11) is 0. The van der Waals surface area contributed by atoms with Crippen LogP contribution in [-0.4, -0.2) is 29.9 Å². The molecule has 0 spiro atoms. The molecule has 2 aliphatic rings.